The quantitative estimate of drug-likeness (QED) is 0.383. The first-order valence-corrected chi connectivity index (χ1v) is 9.77. The number of hydrogen-bond acceptors (Lipinski definition) is 3. The van der Waals surface area contributed by atoms with Gasteiger partial charge in [-0.25, -0.2) is 14.4 Å². The predicted octanol–water partition coefficient (Wildman–Crippen LogP) is 4.94. The Hall–Kier alpha value is -4.26. The Labute approximate surface area is 177 Å². The molecule has 0 fully saturated rings. The van der Waals surface area contributed by atoms with Gasteiger partial charge in [0.1, 0.15) is 11.6 Å². The average molecular weight is 411 g/mol. The number of nitrogens with one attached hydrogen (secondary N) is 3. The van der Waals surface area contributed by atoms with Crippen LogP contribution in [-0.4, -0.2) is 25.8 Å². The molecule has 0 spiro atoms. The van der Waals surface area contributed by atoms with Gasteiger partial charge in [-0.15, -0.1) is 0 Å². The zero-order chi connectivity index (χ0) is 21.2. The summed E-state index contributed by atoms with van der Waals surface area (Å²) in [5.74, 6) is 0.249. The largest absolute Gasteiger partial charge is 0.348 e. The van der Waals surface area contributed by atoms with Crippen molar-refractivity contribution in [3.8, 4) is 22.5 Å². The zero-order valence-electron chi connectivity index (χ0n) is 16.4. The van der Waals surface area contributed by atoms with Gasteiger partial charge in [0, 0.05) is 23.1 Å². The van der Waals surface area contributed by atoms with Crippen molar-refractivity contribution < 1.29 is 9.18 Å². The second-order valence-corrected chi connectivity index (χ2v) is 7.21. The number of halogens is 1. The van der Waals surface area contributed by atoms with E-state index in [0.29, 0.717) is 22.5 Å². The van der Waals surface area contributed by atoms with Gasteiger partial charge in [-0.3, -0.25) is 4.79 Å². The Kier molecular flexibility index (Phi) is 4.76. The number of carbonyl (C=O) groups excluding carboxylic acids is 1. The third kappa shape index (κ3) is 4.06. The topological polar surface area (TPSA) is 86.5 Å². The lowest BCUT2D eigenvalue weighted by molar-refractivity contribution is -0.115. The highest BCUT2D eigenvalue weighted by atomic mass is 19.1. The van der Waals surface area contributed by atoms with Gasteiger partial charge in [-0.1, -0.05) is 30.3 Å². The van der Waals surface area contributed by atoms with E-state index in [9.17, 15) is 9.18 Å². The van der Waals surface area contributed by atoms with Gasteiger partial charge in [0.15, 0.2) is 0 Å². The molecule has 5 aromatic rings. The standard InChI is InChI=1S/C24H18FN5O/c25-18-7-8-21-22(11-18)30-24(29-21)17-5-1-3-15(9-17)16-4-2-6-19(10-16)28-23(31)12-20-13-26-14-27-20/h1-11,13-14H,12H2,(H,26,27)(H,28,31)(H,29,30). The first kappa shape index (κ1) is 18.7. The van der Waals surface area contributed by atoms with E-state index in [-0.39, 0.29) is 18.1 Å². The lowest BCUT2D eigenvalue weighted by Gasteiger charge is -2.08. The normalized spacial score (nSPS) is 11.0. The van der Waals surface area contributed by atoms with Crippen molar-refractivity contribution >= 4 is 22.6 Å². The van der Waals surface area contributed by atoms with Crippen LogP contribution < -0.4 is 5.32 Å². The Bertz CT molecular complexity index is 1370. The van der Waals surface area contributed by atoms with Crippen molar-refractivity contribution in [3.05, 3.63) is 90.8 Å². The van der Waals surface area contributed by atoms with Crippen molar-refractivity contribution in [2.24, 2.45) is 0 Å². The van der Waals surface area contributed by atoms with E-state index in [2.05, 4.69) is 25.3 Å². The van der Waals surface area contributed by atoms with Crippen LogP contribution in [0.4, 0.5) is 10.1 Å². The molecule has 0 unspecified atom stereocenters. The van der Waals surface area contributed by atoms with Crippen LogP contribution >= 0.6 is 0 Å². The highest BCUT2D eigenvalue weighted by Crippen LogP contribution is 2.28. The summed E-state index contributed by atoms with van der Waals surface area (Å²) in [4.78, 5) is 26.9. The maximum Gasteiger partial charge on any atom is 0.230 e. The summed E-state index contributed by atoms with van der Waals surface area (Å²) in [5, 5.41) is 2.92. The first-order valence-electron chi connectivity index (χ1n) is 9.77. The van der Waals surface area contributed by atoms with Crippen molar-refractivity contribution in [1.29, 1.82) is 0 Å². The van der Waals surface area contributed by atoms with Gasteiger partial charge < -0.3 is 15.3 Å². The fourth-order valence-electron chi connectivity index (χ4n) is 3.50. The predicted molar refractivity (Wildman–Crippen MR) is 118 cm³/mol. The molecule has 0 aliphatic rings. The van der Waals surface area contributed by atoms with Gasteiger partial charge in [0.05, 0.1) is 23.8 Å². The summed E-state index contributed by atoms with van der Waals surface area (Å²) in [6, 6.07) is 20.1. The minimum Gasteiger partial charge on any atom is -0.348 e. The SMILES string of the molecule is O=C(Cc1cnc[nH]1)Nc1cccc(-c2cccc(-c3nc4ccc(F)cc4[nH]3)c2)c1. The van der Waals surface area contributed by atoms with E-state index < -0.39 is 0 Å². The third-order valence-corrected chi connectivity index (χ3v) is 4.97. The van der Waals surface area contributed by atoms with E-state index in [1.54, 1.807) is 18.6 Å². The number of aromatic amines is 2. The number of fused-ring (bicyclic) bond motifs is 1. The molecule has 0 bridgehead atoms. The van der Waals surface area contributed by atoms with E-state index in [1.165, 1.54) is 12.1 Å². The molecule has 7 heteroatoms. The molecule has 0 radical (unpaired) electrons. The van der Waals surface area contributed by atoms with Gasteiger partial charge in [-0.05, 0) is 47.5 Å². The highest BCUT2D eigenvalue weighted by Gasteiger charge is 2.09. The summed E-state index contributed by atoms with van der Waals surface area (Å²) in [7, 11) is 0. The van der Waals surface area contributed by atoms with Crippen molar-refractivity contribution in [2.45, 2.75) is 6.42 Å². The molecule has 2 aromatic heterocycles. The van der Waals surface area contributed by atoms with E-state index in [1.807, 2.05) is 48.5 Å². The van der Waals surface area contributed by atoms with Crippen LogP contribution in [0.15, 0.2) is 79.3 Å². The minimum absolute atomic E-state index is 0.121. The van der Waals surface area contributed by atoms with Gasteiger partial charge in [0.2, 0.25) is 5.91 Å². The van der Waals surface area contributed by atoms with Crippen LogP contribution in [0.5, 0.6) is 0 Å². The van der Waals surface area contributed by atoms with Crippen LogP contribution in [0, 0.1) is 5.82 Å². The van der Waals surface area contributed by atoms with Gasteiger partial charge in [-0.2, -0.15) is 0 Å². The Morgan fingerprint density at radius 1 is 0.968 bits per heavy atom. The maximum atomic E-state index is 13.5. The molecule has 2 heterocycles. The molecular formula is C24H18FN5O. The summed E-state index contributed by atoms with van der Waals surface area (Å²) < 4.78 is 13.5. The Morgan fingerprint density at radius 3 is 2.61 bits per heavy atom. The third-order valence-electron chi connectivity index (χ3n) is 4.97. The molecule has 3 aromatic carbocycles. The minimum atomic E-state index is -0.303. The first-order chi connectivity index (χ1) is 15.1. The molecule has 5 rings (SSSR count). The molecule has 1 amide bonds. The summed E-state index contributed by atoms with van der Waals surface area (Å²) in [6.45, 7) is 0. The number of anilines is 1. The van der Waals surface area contributed by atoms with E-state index in [4.69, 9.17) is 0 Å². The van der Waals surface area contributed by atoms with Crippen LogP contribution in [0.3, 0.4) is 0 Å². The summed E-state index contributed by atoms with van der Waals surface area (Å²) in [6.07, 6.45) is 3.41. The molecule has 6 nitrogen and oxygen atoms in total. The number of amides is 1. The lowest BCUT2D eigenvalue weighted by Crippen LogP contribution is -2.14. The Balaban J connectivity index is 1.40. The summed E-state index contributed by atoms with van der Waals surface area (Å²) in [5.41, 5.74) is 5.67. The number of H-pyrrole nitrogens is 2. The number of hydrogen-bond donors (Lipinski definition) is 3. The summed E-state index contributed by atoms with van der Waals surface area (Å²) >= 11 is 0. The monoisotopic (exact) mass is 411 g/mol. The second-order valence-electron chi connectivity index (χ2n) is 7.21. The van der Waals surface area contributed by atoms with Crippen LogP contribution in [0.25, 0.3) is 33.5 Å². The number of rotatable bonds is 5. The molecule has 0 saturated heterocycles. The number of aromatic nitrogens is 4. The molecule has 152 valence electrons. The fourth-order valence-corrected chi connectivity index (χ4v) is 3.50. The van der Waals surface area contributed by atoms with Crippen molar-refractivity contribution in [3.63, 3.8) is 0 Å². The van der Waals surface area contributed by atoms with Crippen LogP contribution in [0.1, 0.15) is 5.69 Å². The van der Waals surface area contributed by atoms with Gasteiger partial charge >= 0.3 is 0 Å². The number of nitrogens with zero attached hydrogens (tertiary/aromatic N) is 2. The van der Waals surface area contributed by atoms with Crippen LogP contribution in [0.2, 0.25) is 0 Å². The van der Waals surface area contributed by atoms with Crippen molar-refractivity contribution in [1.82, 2.24) is 19.9 Å². The van der Waals surface area contributed by atoms with Crippen LogP contribution in [-0.2, 0) is 11.2 Å². The van der Waals surface area contributed by atoms with Gasteiger partial charge in [0.25, 0.3) is 0 Å². The fraction of sp³-hybridized carbons (Fsp3) is 0.0417. The molecule has 31 heavy (non-hydrogen) atoms. The molecule has 3 N–H and O–H groups in total. The smallest absolute Gasteiger partial charge is 0.230 e. The molecular weight excluding hydrogens is 393 g/mol. The van der Waals surface area contributed by atoms with E-state index >= 15 is 0 Å². The molecule has 0 aliphatic carbocycles. The molecule has 0 saturated carbocycles. The Morgan fingerprint density at radius 2 is 1.77 bits per heavy atom. The number of carbonyl (C=O) groups is 1. The van der Waals surface area contributed by atoms with E-state index in [0.717, 1.165) is 22.4 Å². The number of imidazole rings is 2. The maximum absolute atomic E-state index is 13.5. The second kappa shape index (κ2) is 7.87. The lowest BCUT2D eigenvalue weighted by atomic mass is 10.0. The average Bonchev–Trinajstić information content (AvgIpc) is 3.43. The molecule has 0 atom stereocenters. The highest BCUT2D eigenvalue weighted by molar-refractivity contribution is 5.92. The molecule has 0 aliphatic heterocycles. The zero-order valence-corrected chi connectivity index (χ0v) is 16.4. The number of benzene rings is 3. The van der Waals surface area contributed by atoms with Crippen molar-refractivity contribution in [2.75, 3.05) is 5.32 Å².